The predicted octanol–water partition coefficient (Wildman–Crippen LogP) is 11.1. The Morgan fingerprint density at radius 1 is 0.209 bits per heavy atom. The van der Waals surface area contributed by atoms with Crippen LogP contribution in [0.1, 0.15) is 187 Å². The molecule has 0 saturated heterocycles. The van der Waals surface area contributed by atoms with E-state index >= 15 is 0 Å². The van der Waals surface area contributed by atoms with Crippen LogP contribution in [0.25, 0.3) is 0 Å². The molecule has 0 aliphatic rings. The molecule has 0 fully saturated rings. The fourth-order valence-corrected chi connectivity index (χ4v) is 30.4. The van der Waals surface area contributed by atoms with Gasteiger partial charge in [-0.15, -0.1) is 0 Å². The van der Waals surface area contributed by atoms with Gasteiger partial charge in [0.1, 0.15) is 0 Å². The smallest absolute Gasteiger partial charge is 0.857 e. The van der Waals surface area contributed by atoms with Crippen LogP contribution in [0.3, 0.4) is 0 Å². The summed E-state index contributed by atoms with van der Waals surface area (Å²) in [7, 11) is -7.81. The van der Waals surface area contributed by atoms with Crippen LogP contribution in [-0.4, -0.2) is 25.0 Å². The van der Waals surface area contributed by atoms with Crippen molar-refractivity contribution in [2.45, 2.75) is 232 Å². The van der Waals surface area contributed by atoms with Crippen molar-refractivity contribution in [3.8, 4) is 0 Å². The molecule has 0 unspecified atom stereocenters. The van der Waals surface area contributed by atoms with Gasteiger partial charge in [0.15, 0.2) is 0 Å². The van der Waals surface area contributed by atoms with Crippen LogP contribution in [0, 0.1) is 0 Å². The number of hydrogen-bond donors (Lipinski definition) is 0. The molecule has 0 rings (SSSR count). The van der Waals surface area contributed by atoms with Gasteiger partial charge < -0.3 is 14.4 Å². The molecule has 0 bridgehead atoms. The molecule has 0 spiro atoms. The van der Waals surface area contributed by atoms with Crippen molar-refractivity contribution in [3.63, 3.8) is 0 Å². The zero-order chi connectivity index (χ0) is 36.0. The molecule has 0 saturated carbocycles. The molecule has 0 atom stereocenters. The molecule has 1 radical (unpaired) electrons. The third kappa shape index (κ3) is 10.8. The van der Waals surface area contributed by atoms with E-state index in [9.17, 15) is 14.4 Å². The summed E-state index contributed by atoms with van der Waals surface area (Å²) in [5.74, 6) is 0. The van der Waals surface area contributed by atoms with E-state index in [0.717, 1.165) is 0 Å². The minimum absolute atomic E-state index is 0. The Morgan fingerprint density at radius 2 is 0.256 bits per heavy atom. The van der Waals surface area contributed by atoms with E-state index in [-0.39, 0.29) is 62.7 Å². The molecule has 0 aliphatic heterocycles. The Hall–Kier alpha value is 1.06. The minimum atomic E-state index is -2.60. The van der Waals surface area contributed by atoms with Gasteiger partial charge in [-0.25, -0.2) is 0 Å². The second-order valence-electron chi connectivity index (χ2n) is 22.3. The van der Waals surface area contributed by atoms with Crippen molar-refractivity contribution in [2.24, 2.45) is 0 Å². The van der Waals surface area contributed by atoms with E-state index in [0.29, 0.717) is 0 Å². The molecule has 3 nitrogen and oxygen atoms in total. The van der Waals surface area contributed by atoms with E-state index in [1.807, 2.05) is 0 Å². The standard InChI is InChI=1S/3C12H27OSi.Cr/c3*1-10(2,3)14(13,11(4,5)6)12(7,8)9;/h3*1-9H3;/q3*-1;+3. The third-order valence-electron chi connectivity index (χ3n) is 9.51. The van der Waals surface area contributed by atoms with Crippen molar-refractivity contribution in [1.29, 1.82) is 0 Å². The average Bonchev–Trinajstić information content (AvgIpc) is 2.58. The molecule has 0 aliphatic carbocycles. The van der Waals surface area contributed by atoms with Gasteiger partial charge in [-0.1, -0.05) is 232 Å². The molecule has 0 N–H and O–H groups in total. The van der Waals surface area contributed by atoms with Crippen LogP contribution in [0.15, 0.2) is 0 Å². The quantitative estimate of drug-likeness (QED) is 0.237. The van der Waals surface area contributed by atoms with Crippen LogP contribution in [0.2, 0.25) is 45.3 Å². The fraction of sp³-hybridized carbons (Fsp3) is 1.00. The Labute approximate surface area is 287 Å². The first kappa shape index (κ1) is 50.9. The predicted molar refractivity (Wildman–Crippen MR) is 195 cm³/mol. The maximum atomic E-state index is 13.3. The summed E-state index contributed by atoms with van der Waals surface area (Å²) in [5, 5.41) is -0.844. The topological polar surface area (TPSA) is 69.2 Å². The average molecular weight is 698 g/mol. The zero-order valence-corrected chi connectivity index (χ0v) is 38.9. The number of hydrogen-bond acceptors (Lipinski definition) is 3. The van der Waals surface area contributed by atoms with E-state index in [1.165, 1.54) is 0 Å². The van der Waals surface area contributed by atoms with Crippen molar-refractivity contribution >= 4 is 25.0 Å². The van der Waals surface area contributed by atoms with Gasteiger partial charge in [0.25, 0.3) is 0 Å². The fourth-order valence-electron chi connectivity index (χ4n) is 10.1. The summed E-state index contributed by atoms with van der Waals surface area (Å²) in [6.07, 6.45) is 0. The van der Waals surface area contributed by atoms with Crippen LogP contribution in [0.4, 0.5) is 0 Å². The van der Waals surface area contributed by atoms with E-state index in [2.05, 4.69) is 187 Å². The van der Waals surface area contributed by atoms with Crippen LogP contribution in [-0.2, 0) is 17.4 Å². The molecule has 43 heavy (non-hydrogen) atoms. The van der Waals surface area contributed by atoms with Crippen molar-refractivity contribution in [1.82, 2.24) is 0 Å². The van der Waals surface area contributed by atoms with Crippen LogP contribution >= 0.6 is 0 Å². The molecular formula is C36H81CrO3Si3. The molecule has 7 heteroatoms. The molecule has 0 aromatic carbocycles. The Balaban J connectivity index is -0.000000262. The van der Waals surface area contributed by atoms with Gasteiger partial charge in [-0.2, -0.15) is 0 Å². The molecule has 261 valence electrons. The Bertz CT molecular complexity index is 612. The molecular weight excluding hydrogens is 617 g/mol. The Morgan fingerprint density at radius 3 is 0.256 bits per heavy atom. The third-order valence-corrected chi connectivity index (χ3v) is 28.5. The normalized spacial score (nSPS) is 15.5. The SMILES string of the molecule is CC(C)(C)[Si]([O-])(C(C)(C)C)C(C)(C)C.CC(C)(C)[Si]([O-])(C(C)(C)C)C(C)(C)C.CC(C)(C)[Si]([O-])(C(C)(C)C)C(C)(C)C.[Cr+3]. The molecule has 0 heterocycles. The van der Waals surface area contributed by atoms with Gasteiger partial charge >= 0.3 is 17.4 Å². The van der Waals surface area contributed by atoms with Crippen LogP contribution < -0.4 is 14.4 Å². The van der Waals surface area contributed by atoms with Gasteiger partial charge in [-0.3, -0.25) is 0 Å². The van der Waals surface area contributed by atoms with E-state index < -0.39 is 25.0 Å². The first-order valence-electron chi connectivity index (χ1n) is 16.4. The van der Waals surface area contributed by atoms with Crippen molar-refractivity contribution in [3.05, 3.63) is 0 Å². The maximum Gasteiger partial charge on any atom is 3.00 e. The van der Waals surface area contributed by atoms with Gasteiger partial charge in [0.2, 0.25) is 0 Å². The molecule has 0 aromatic heterocycles. The second kappa shape index (κ2) is 14.3. The summed E-state index contributed by atoms with van der Waals surface area (Å²) in [5.41, 5.74) is 0. The van der Waals surface area contributed by atoms with Crippen LogP contribution in [0.5, 0.6) is 0 Å². The number of rotatable bonds is 0. The molecule has 0 amide bonds. The first-order chi connectivity index (χ1) is 17.2. The monoisotopic (exact) mass is 697 g/mol. The largest absolute Gasteiger partial charge is 3.00 e. The zero-order valence-electron chi connectivity index (χ0n) is 34.6. The minimum Gasteiger partial charge on any atom is -0.857 e. The first-order valence-corrected chi connectivity index (χ1v) is 22.1. The van der Waals surface area contributed by atoms with Gasteiger partial charge in [0, 0.05) is 0 Å². The summed E-state index contributed by atoms with van der Waals surface area (Å²) >= 11 is 0. The van der Waals surface area contributed by atoms with Crippen molar-refractivity contribution < 1.29 is 31.7 Å². The van der Waals surface area contributed by atoms with Crippen molar-refractivity contribution in [2.75, 3.05) is 0 Å². The molecule has 0 aromatic rings. The maximum absolute atomic E-state index is 13.3. The van der Waals surface area contributed by atoms with Gasteiger partial charge in [0.05, 0.1) is 0 Å². The summed E-state index contributed by atoms with van der Waals surface area (Å²) in [6, 6.07) is 0. The van der Waals surface area contributed by atoms with Gasteiger partial charge in [-0.05, 0) is 25.0 Å². The summed E-state index contributed by atoms with van der Waals surface area (Å²) < 4.78 is 0. The van der Waals surface area contributed by atoms with E-state index in [1.54, 1.807) is 0 Å². The van der Waals surface area contributed by atoms with E-state index in [4.69, 9.17) is 0 Å². The summed E-state index contributed by atoms with van der Waals surface area (Å²) in [4.78, 5) is 39.9. The second-order valence-corrected chi connectivity index (χ2v) is 39.9. The Kier molecular flexibility index (Phi) is 16.9. The summed E-state index contributed by atoms with van der Waals surface area (Å²) in [6.45, 7) is 57.1.